The topological polar surface area (TPSA) is 61.5 Å². The quantitative estimate of drug-likeness (QED) is 0.603. The van der Waals surface area contributed by atoms with Gasteiger partial charge in [0, 0.05) is 5.69 Å². The molecule has 0 aliphatic heterocycles. The van der Waals surface area contributed by atoms with Crippen molar-refractivity contribution < 1.29 is 14.3 Å². The summed E-state index contributed by atoms with van der Waals surface area (Å²) in [6.45, 7) is 3.92. The van der Waals surface area contributed by atoms with Crippen molar-refractivity contribution in [1.82, 2.24) is 0 Å². The van der Waals surface area contributed by atoms with Crippen LogP contribution in [0.1, 0.15) is 12.5 Å². The van der Waals surface area contributed by atoms with Crippen molar-refractivity contribution in [1.29, 1.82) is 0 Å². The van der Waals surface area contributed by atoms with Gasteiger partial charge in [-0.05, 0) is 37.6 Å². The van der Waals surface area contributed by atoms with E-state index >= 15 is 0 Å². The summed E-state index contributed by atoms with van der Waals surface area (Å²) in [6, 6.07) is 5.26. The lowest BCUT2D eigenvalue weighted by Gasteiger charge is -2.08. The summed E-state index contributed by atoms with van der Waals surface area (Å²) in [4.78, 5) is 11.0. The molecule has 0 aliphatic rings. The lowest BCUT2D eigenvalue weighted by atomic mass is 10.2. The molecule has 0 amide bonds. The Bertz CT molecular complexity index is 350. The van der Waals surface area contributed by atoms with E-state index in [1.165, 1.54) is 0 Å². The van der Waals surface area contributed by atoms with Crippen LogP contribution in [-0.4, -0.2) is 19.2 Å². The van der Waals surface area contributed by atoms with Crippen LogP contribution in [0.4, 0.5) is 5.69 Å². The molecule has 0 atom stereocenters. The first-order valence-electron chi connectivity index (χ1n) is 4.78. The fourth-order valence-electron chi connectivity index (χ4n) is 1.17. The van der Waals surface area contributed by atoms with E-state index in [9.17, 15) is 4.79 Å². The average Bonchev–Trinajstić information content (AvgIpc) is 2.17. The number of anilines is 1. The maximum Gasteiger partial charge on any atom is 0.344 e. The number of aryl methyl sites for hydroxylation is 1. The highest BCUT2D eigenvalue weighted by Crippen LogP contribution is 2.19. The molecule has 4 nitrogen and oxygen atoms in total. The Morgan fingerprint density at radius 2 is 2.20 bits per heavy atom. The minimum Gasteiger partial charge on any atom is -0.482 e. The summed E-state index contributed by atoms with van der Waals surface area (Å²) in [5.74, 6) is 0.283. The number of nitrogen functional groups attached to an aromatic ring is 1. The molecule has 1 aromatic rings. The van der Waals surface area contributed by atoms with Gasteiger partial charge >= 0.3 is 5.97 Å². The van der Waals surface area contributed by atoms with Crippen molar-refractivity contribution in [2.24, 2.45) is 0 Å². The van der Waals surface area contributed by atoms with Crippen LogP contribution in [0.2, 0.25) is 0 Å². The van der Waals surface area contributed by atoms with E-state index in [4.69, 9.17) is 15.2 Å². The Morgan fingerprint density at radius 1 is 1.47 bits per heavy atom. The van der Waals surface area contributed by atoms with Gasteiger partial charge in [-0.1, -0.05) is 0 Å². The number of benzene rings is 1. The zero-order valence-corrected chi connectivity index (χ0v) is 8.95. The third-order valence-corrected chi connectivity index (χ3v) is 1.85. The van der Waals surface area contributed by atoms with Crippen molar-refractivity contribution >= 4 is 11.7 Å². The summed E-state index contributed by atoms with van der Waals surface area (Å²) >= 11 is 0. The largest absolute Gasteiger partial charge is 0.482 e. The second-order valence-electron chi connectivity index (χ2n) is 3.12. The molecule has 0 bridgehead atoms. The van der Waals surface area contributed by atoms with Gasteiger partial charge in [0.05, 0.1) is 6.61 Å². The number of ether oxygens (including phenoxy) is 2. The first kappa shape index (κ1) is 11.4. The zero-order valence-electron chi connectivity index (χ0n) is 8.95. The third kappa shape index (κ3) is 3.50. The number of esters is 1. The molecular weight excluding hydrogens is 194 g/mol. The van der Waals surface area contributed by atoms with Gasteiger partial charge in [0.2, 0.25) is 0 Å². The Balaban J connectivity index is 2.54. The number of carbonyl (C=O) groups is 1. The highest BCUT2D eigenvalue weighted by Gasteiger charge is 2.04. The molecule has 0 saturated heterocycles. The number of rotatable bonds is 4. The second kappa shape index (κ2) is 5.24. The fourth-order valence-corrected chi connectivity index (χ4v) is 1.17. The SMILES string of the molecule is CCOC(=O)COc1ccc(N)cc1C. The lowest BCUT2D eigenvalue weighted by Crippen LogP contribution is -2.14. The van der Waals surface area contributed by atoms with Gasteiger partial charge in [-0.3, -0.25) is 0 Å². The predicted molar refractivity (Wildman–Crippen MR) is 57.7 cm³/mol. The second-order valence-corrected chi connectivity index (χ2v) is 3.12. The molecule has 4 heteroatoms. The molecular formula is C11H15NO3. The molecule has 0 radical (unpaired) electrons. The molecule has 0 aromatic heterocycles. The molecule has 2 N–H and O–H groups in total. The summed E-state index contributed by atoms with van der Waals surface area (Å²) < 4.78 is 10.0. The van der Waals surface area contributed by atoms with Crippen LogP contribution in [0, 0.1) is 6.92 Å². The number of hydrogen-bond acceptors (Lipinski definition) is 4. The van der Waals surface area contributed by atoms with E-state index < -0.39 is 0 Å². The van der Waals surface area contributed by atoms with Gasteiger partial charge in [0.1, 0.15) is 5.75 Å². The maximum absolute atomic E-state index is 11.0. The number of nitrogens with two attached hydrogens (primary N) is 1. The van der Waals surface area contributed by atoms with Crippen LogP contribution in [0.15, 0.2) is 18.2 Å². The normalized spacial score (nSPS) is 9.73. The Hall–Kier alpha value is -1.71. The minimum absolute atomic E-state index is 0.0708. The molecule has 0 aliphatic carbocycles. The van der Waals surface area contributed by atoms with Crippen LogP contribution in [-0.2, 0) is 9.53 Å². The number of carbonyl (C=O) groups excluding carboxylic acids is 1. The first-order valence-corrected chi connectivity index (χ1v) is 4.78. The molecule has 1 aromatic carbocycles. The van der Waals surface area contributed by atoms with Crippen LogP contribution < -0.4 is 10.5 Å². The van der Waals surface area contributed by atoms with E-state index in [-0.39, 0.29) is 12.6 Å². The molecule has 0 spiro atoms. The summed E-state index contributed by atoms with van der Waals surface area (Å²) in [6.07, 6.45) is 0. The highest BCUT2D eigenvalue weighted by molar-refractivity contribution is 5.71. The lowest BCUT2D eigenvalue weighted by molar-refractivity contribution is -0.145. The zero-order chi connectivity index (χ0) is 11.3. The minimum atomic E-state index is -0.367. The standard InChI is InChI=1S/C11H15NO3/c1-3-14-11(13)7-15-10-5-4-9(12)6-8(10)2/h4-6H,3,7,12H2,1-2H3. The fraction of sp³-hybridized carbons (Fsp3) is 0.364. The van der Waals surface area contributed by atoms with Crippen molar-refractivity contribution in [3.63, 3.8) is 0 Å². The van der Waals surface area contributed by atoms with Crippen LogP contribution in [0.5, 0.6) is 5.75 Å². The smallest absolute Gasteiger partial charge is 0.344 e. The number of hydrogen-bond donors (Lipinski definition) is 1. The van der Waals surface area contributed by atoms with Crippen molar-refractivity contribution in [3.05, 3.63) is 23.8 Å². The molecule has 1 rings (SSSR count). The van der Waals surface area contributed by atoms with Gasteiger partial charge in [0.25, 0.3) is 0 Å². The van der Waals surface area contributed by atoms with E-state index in [1.54, 1.807) is 25.1 Å². The monoisotopic (exact) mass is 209 g/mol. The molecule has 0 heterocycles. The average molecular weight is 209 g/mol. The Labute approximate surface area is 89.0 Å². The van der Waals surface area contributed by atoms with Crippen LogP contribution >= 0.6 is 0 Å². The molecule has 0 unspecified atom stereocenters. The van der Waals surface area contributed by atoms with E-state index in [0.717, 1.165) is 5.56 Å². The van der Waals surface area contributed by atoms with Gasteiger partial charge in [-0.2, -0.15) is 0 Å². The summed E-state index contributed by atoms with van der Waals surface area (Å²) in [5.41, 5.74) is 7.16. The molecule has 82 valence electrons. The van der Waals surface area contributed by atoms with Gasteiger partial charge < -0.3 is 15.2 Å². The summed E-state index contributed by atoms with van der Waals surface area (Å²) in [7, 11) is 0. The van der Waals surface area contributed by atoms with Gasteiger partial charge in [0.15, 0.2) is 6.61 Å². The third-order valence-electron chi connectivity index (χ3n) is 1.85. The molecule has 15 heavy (non-hydrogen) atoms. The predicted octanol–water partition coefficient (Wildman–Crippen LogP) is 1.52. The van der Waals surface area contributed by atoms with Gasteiger partial charge in [-0.15, -0.1) is 0 Å². The van der Waals surface area contributed by atoms with Gasteiger partial charge in [-0.25, -0.2) is 4.79 Å². The van der Waals surface area contributed by atoms with E-state index in [0.29, 0.717) is 18.0 Å². The van der Waals surface area contributed by atoms with Crippen LogP contribution in [0.25, 0.3) is 0 Å². The van der Waals surface area contributed by atoms with E-state index in [1.807, 2.05) is 6.92 Å². The first-order chi connectivity index (χ1) is 7.13. The molecule has 0 fully saturated rings. The van der Waals surface area contributed by atoms with Crippen LogP contribution in [0.3, 0.4) is 0 Å². The molecule has 0 saturated carbocycles. The Kier molecular flexibility index (Phi) is 3.97. The van der Waals surface area contributed by atoms with E-state index in [2.05, 4.69) is 0 Å². The Morgan fingerprint density at radius 3 is 2.80 bits per heavy atom. The summed E-state index contributed by atoms with van der Waals surface area (Å²) in [5, 5.41) is 0. The van der Waals surface area contributed by atoms with Crippen molar-refractivity contribution in [3.8, 4) is 5.75 Å². The van der Waals surface area contributed by atoms with Crippen molar-refractivity contribution in [2.75, 3.05) is 18.9 Å². The maximum atomic E-state index is 11.0. The highest BCUT2D eigenvalue weighted by atomic mass is 16.6. The van der Waals surface area contributed by atoms with Crippen molar-refractivity contribution in [2.45, 2.75) is 13.8 Å².